The molecule has 0 saturated carbocycles. The maximum Gasteiger partial charge on any atom is 0.295 e. The highest BCUT2D eigenvalue weighted by Gasteiger charge is 2.21. The van der Waals surface area contributed by atoms with Crippen molar-refractivity contribution in [2.24, 2.45) is 5.10 Å². The molecule has 0 atom stereocenters. The first-order chi connectivity index (χ1) is 14.3. The average molecular weight is 445 g/mol. The Labute approximate surface area is 178 Å². The Morgan fingerprint density at radius 1 is 1.07 bits per heavy atom. The van der Waals surface area contributed by atoms with Crippen molar-refractivity contribution in [1.82, 2.24) is 0 Å². The van der Waals surface area contributed by atoms with Crippen LogP contribution in [0.25, 0.3) is 0 Å². The van der Waals surface area contributed by atoms with Crippen molar-refractivity contribution in [2.75, 3.05) is 10.1 Å². The molecule has 10 heteroatoms. The predicted octanol–water partition coefficient (Wildman–Crippen LogP) is 4.80. The van der Waals surface area contributed by atoms with Crippen molar-refractivity contribution < 1.29 is 13.3 Å². The van der Waals surface area contributed by atoms with E-state index >= 15 is 0 Å². The standard InChI is InChI=1S/C20H17ClN4O4S/c1-14-4-2-3-5-15(14)13-22-23-19-11-10-18(12-20(19)25(26)27)30(28,29)24-17-8-6-16(21)7-9-17/h2-13,23-24H,1H3/b22-13+. The van der Waals surface area contributed by atoms with Gasteiger partial charge in [-0.2, -0.15) is 5.10 Å². The first-order valence-electron chi connectivity index (χ1n) is 8.68. The SMILES string of the molecule is Cc1ccccc1/C=N/Nc1ccc(S(=O)(=O)Nc2ccc(Cl)cc2)cc1[N+](=O)[O-]. The molecule has 8 nitrogen and oxygen atoms in total. The summed E-state index contributed by atoms with van der Waals surface area (Å²) in [5, 5.41) is 15.9. The number of nitrogens with one attached hydrogen (secondary N) is 2. The summed E-state index contributed by atoms with van der Waals surface area (Å²) >= 11 is 5.79. The van der Waals surface area contributed by atoms with E-state index in [-0.39, 0.29) is 16.3 Å². The minimum Gasteiger partial charge on any atom is -0.280 e. The molecule has 2 N–H and O–H groups in total. The number of aryl methyl sites for hydroxylation is 1. The third-order valence-electron chi connectivity index (χ3n) is 4.15. The number of halogens is 1. The predicted molar refractivity (Wildman–Crippen MR) is 118 cm³/mol. The second kappa shape index (κ2) is 8.93. The van der Waals surface area contributed by atoms with Crippen molar-refractivity contribution in [3.8, 4) is 0 Å². The number of anilines is 2. The van der Waals surface area contributed by atoms with Crippen molar-refractivity contribution in [3.63, 3.8) is 0 Å². The summed E-state index contributed by atoms with van der Waals surface area (Å²) in [6, 6.07) is 17.1. The molecule has 0 aliphatic rings. The monoisotopic (exact) mass is 444 g/mol. The van der Waals surface area contributed by atoms with E-state index in [4.69, 9.17) is 11.6 Å². The highest BCUT2D eigenvalue weighted by atomic mass is 35.5. The highest BCUT2D eigenvalue weighted by Crippen LogP contribution is 2.28. The molecule has 154 valence electrons. The van der Waals surface area contributed by atoms with Gasteiger partial charge in [-0.3, -0.25) is 20.3 Å². The molecular formula is C20H17ClN4O4S. The number of hydrogen-bond acceptors (Lipinski definition) is 6. The molecule has 3 rings (SSSR count). The number of hydrogen-bond donors (Lipinski definition) is 2. The Balaban J connectivity index is 1.85. The number of benzene rings is 3. The van der Waals surface area contributed by atoms with Crippen LogP contribution in [0.5, 0.6) is 0 Å². The zero-order valence-electron chi connectivity index (χ0n) is 15.7. The molecule has 0 aromatic heterocycles. The summed E-state index contributed by atoms with van der Waals surface area (Å²) in [6.45, 7) is 1.91. The molecule has 30 heavy (non-hydrogen) atoms. The van der Waals surface area contributed by atoms with Gasteiger partial charge in [0.25, 0.3) is 15.7 Å². The lowest BCUT2D eigenvalue weighted by atomic mass is 10.1. The van der Waals surface area contributed by atoms with Gasteiger partial charge in [0.05, 0.1) is 16.0 Å². The van der Waals surface area contributed by atoms with E-state index < -0.39 is 20.6 Å². The first kappa shape index (κ1) is 21.3. The molecule has 0 amide bonds. The van der Waals surface area contributed by atoms with Crippen LogP contribution in [0, 0.1) is 17.0 Å². The van der Waals surface area contributed by atoms with E-state index in [1.807, 2.05) is 31.2 Å². The Bertz CT molecular complexity index is 1210. The lowest BCUT2D eigenvalue weighted by molar-refractivity contribution is -0.384. The summed E-state index contributed by atoms with van der Waals surface area (Å²) in [5.41, 5.74) is 4.37. The van der Waals surface area contributed by atoms with Crippen LogP contribution < -0.4 is 10.1 Å². The zero-order valence-corrected chi connectivity index (χ0v) is 17.3. The van der Waals surface area contributed by atoms with Crippen LogP contribution >= 0.6 is 11.6 Å². The fourth-order valence-electron chi connectivity index (χ4n) is 2.56. The average Bonchev–Trinajstić information content (AvgIpc) is 2.71. The van der Waals surface area contributed by atoms with Crippen molar-refractivity contribution in [1.29, 1.82) is 0 Å². The van der Waals surface area contributed by atoms with Gasteiger partial charge in [0.2, 0.25) is 0 Å². The molecule has 0 heterocycles. The van der Waals surface area contributed by atoms with E-state index in [1.165, 1.54) is 42.6 Å². The van der Waals surface area contributed by atoms with E-state index in [9.17, 15) is 18.5 Å². The second-order valence-corrected chi connectivity index (χ2v) is 8.39. The van der Waals surface area contributed by atoms with Gasteiger partial charge in [0, 0.05) is 16.8 Å². The molecule has 0 spiro atoms. The van der Waals surface area contributed by atoms with Crippen LogP contribution in [0.4, 0.5) is 17.1 Å². The maximum absolute atomic E-state index is 12.6. The minimum absolute atomic E-state index is 0.0651. The summed E-state index contributed by atoms with van der Waals surface area (Å²) in [7, 11) is -4.03. The number of nitrogens with zero attached hydrogens (tertiary/aromatic N) is 2. The largest absolute Gasteiger partial charge is 0.295 e. The number of nitro benzene ring substituents is 1. The summed E-state index contributed by atoms with van der Waals surface area (Å²) in [6.07, 6.45) is 1.53. The van der Waals surface area contributed by atoms with E-state index in [0.29, 0.717) is 5.02 Å². The van der Waals surface area contributed by atoms with Gasteiger partial charge in [-0.05, 0) is 54.4 Å². The third kappa shape index (κ3) is 5.13. The van der Waals surface area contributed by atoms with Crippen LogP contribution in [-0.2, 0) is 10.0 Å². The lowest BCUT2D eigenvalue weighted by Crippen LogP contribution is -2.13. The Morgan fingerprint density at radius 2 is 1.77 bits per heavy atom. The van der Waals surface area contributed by atoms with E-state index in [1.54, 1.807) is 0 Å². The summed E-state index contributed by atoms with van der Waals surface area (Å²) < 4.78 is 27.5. The van der Waals surface area contributed by atoms with Crippen LogP contribution in [-0.4, -0.2) is 19.6 Å². The Kier molecular flexibility index (Phi) is 6.34. The topological polar surface area (TPSA) is 114 Å². The molecule has 3 aromatic carbocycles. The second-order valence-electron chi connectivity index (χ2n) is 6.28. The fourth-order valence-corrected chi connectivity index (χ4v) is 3.76. The van der Waals surface area contributed by atoms with Crippen LogP contribution in [0.15, 0.2) is 76.7 Å². The molecule has 3 aromatic rings. The van der Waals surface area contributed by atoms with Crippen molar-refractivity contribution >= 4 is 44.9 Å². The van der Waals surface area contributed by atoms with Gasteiger partial charge in [-0.1, -0.05) is 35.9 Å². The van der Waals surface area contributed by atoms with Gasteiger partial charge < -0.3 is 0 Å². The normalized spacial score (nSPS) is 11.4. The Morgan fingerprint density at radius 3 is 2.43 bits per heavy atom. The Hall–Kier alpha value is -3.43. The molecule has 0 aliphatic heterocycles. The maximum atomic E-state index is 12.6. The van der Waals surface area contributed by atoms with E-state index in [0.717, 1.165) is 17.2 Å². The summed E-state index contributed by atoms with van der Waals surface area (Å²) in [5.74, 6) is 0. The molecule has 0 fully saturated rings. The highest BCUT2D eigenvalue weighted by molar-refractivity contribution is 7.92. The van der Waals surface area contributed by atoms with Gasteiger partial charge in [0.1, 0.15) is 5.69 Å². The molecule has 0 bridgehead atoms. The molecule has 0 aliphatic carbocycles. The van der Waals surface area contributed by atoms with Gasteiger partial charge in [-0.25, -0.2) is 8.42 Å². The van der Waals surface area contributed by atoms with Crippen LogP contribution in [0.1, 0.15) is 11.1 Å². The quantitative estimate of drug-likeness (QED) is 0.308. The molecule has 0 unspecified atom stereocenters. The lowest BCUT2D eigenvalue weighted by Gasteiger charge is -2.09. The molecule has 0 radical (unpaired) electrons. The number of nitro groups is 1. The smallest absolute Gasteiger partial charge is 0.280 e. The number of rotatable bonds is 7. The van der Waals surface area contributed by atoms with Gasteiger partial charge in [-0.15, -0.1) is 0 Å². The van der Waals surface area contributed by atoms with Crippen molar-refractivity contribution in [2.45, 2.75) is 11.8 Å². The van der Waals surface area contributed by atoms with Crippen LogP contribution in [0.3, 0.4) is 0 Å². The van der Waals surface area contributed by atoms with Crippen LogP contribution in [0.2, 0.25) is 5.02 Å². The van der Waals surface area contributed by atoms with E-state index in [2.05, 4.69) is 15.2 Å². The zero-order chi connectivity index (χ0) is 21.7. The minimum atomic E-state index is -4.03. The summed E-state index contributed by atoms with van der Waals surface area (Å²) in [4.78, 5) is 10.5. The fraction of sp³-hybridized carbons (Fsp3) is 0.0500. The third-order valence-corrected chi connectivity index (χ3v) is 5.78. The molecule has 0 saturated heterocycles. The van der Waals surface area contributed by atoms with Crippen molar-refractivity contribution in [3.05, 3.63) is 93.0 Å². The number of sulfonamides is 1. The number of hydrazone groups is 1. The first-order valence-corrected chi connectivity index (χ1v) is 10.5. The van der Waals surface area contributed by atoms with Gasteiger partial charge >= 0.3 is 0 Å². The molecular weight excluding hydrogens is 428 g/mol. The van der Waals surface area contributed by atoms with Gasteiger partial charge in [0.15, 0.2) is 0 Å².